The molecule has 0 spiro atoms. The summed E-state index contributed by atoms with van der Waals surface area (Å²) < 4.78 is 7.32. The number of anilines is 1. The van der Waals surface area contributed by atoms with Gasteiger partial charge < -0.3 is 9.42 Å². The second-order valence-electron chi connectivity index (χ2n) is 6.32. The first-order valence-corrected chi connectivity index (χ1v) is 8.21. The predicted octanol–water partition coefficient (Wildman–Crippen LogP) is 1.30. The van der Waals surface area contributed by atoms with E-state index in [9.17, 15) is 0 Å². The standard InChI is InChI=1S/C16H21N7O/c1-4-14-18-19-16-15(17-5-6-23(14)16)22-8-12(9-22)21(3)10-13-7-11(2)20-24-13/h5-7,12H,4,8-10H2,1-3H3. The summed E-state index contributed by atoms with van der Waals surface area (Å²) in [5, 5.41) is 12.5. The van der Waals surface area contributed by atoms with Crippen LogP contribution in [0.15, 0.2) is 23.0 Å². The van der Waals surface area contributed by atoms with E-state index in [1.807, 2.05) is 29.8 Å². The zero-order chi connectivity index (χ0) is 16.7. The maximum Gasteiger partial charge on any atom is 0.203 e. The van der Waals surface area contributed by atoms with Crippen molar-refractivity contribution >= 4 is 11.5 Å². The molecular formula is C16H21N7O. The van der Waals surface area contributed by atoms with Gasteiger partial charge >= 0.3 is 0 Å². The molecule has 0 saturated carbocycles. The first-order valence-electron chi connectivity index (χ1n) is 8.21. The molecule has 1 aliphatic rings. The molecule has 3 aromatic heterocycles. The second-order valence-corrected chi connectivity index (χ2v) is 6.32. The third kappa shape index (κ3) is 2.52. The molecule has 0 atom stereocenters. The molecule has 0 aliphatic carbocycles. The Morgan fingerprint density at radius 2 is 2.17 bits per heavy atom. The summed E-state index contributed by atoms with van der Waals surface area (Å²) in [5.41, 5.74) is 1.75. The summed E-state index contributed by atoms with van der Waals surface area (Å²) in [7, 11) is 2.11. The average Bonchev–Trinajstić information content (AvgIpc) is 3.12. The van der Waals surface area contributed by atoms with Gasteiger partial charge in [0.05, 0.1) is 12.2 Å². The monoisotopic (exact) mass is 327 g/mol. The molecule has 8 heteroatoms. The summed E-state index contributed by atoms with van der Waals surface area (Å²) in [6.07, 6.45) is 4.60. The zero-order valence-corrected chi connectivity index (χ0v) is 14.2. The number of aromatic nitrogens is 5. The molecule has 4 rings (SSSR count). The van der Waals surface area contributed by atoms with Crippen molar-refractivity contribution in [2.45, 2.75) is 32.9 Å². The molecule has 0 amide bonds. The fourth-order valence-electron chi connectivity index (χ4n) is 3.10. The van der Waals surface area contributed by atoms with Gasteiger partial charge in [-0.05, 0) is 14.0 Å². The highest BCUT2D eigenvalue weighted by molar-refractivity contribution is 5.65. The van der Waals surface area contributed by atoms with E-state index in [-0.39, 0.29) is 0 Å². The Morgan fingerprint density at radius 1 is 1.33 bits per heavy atom. The topological polar surface area (TPSA) is 75.6 Å². The van der Waals surface area contributed by atoms with Crippen LogP contribution in [-0.2, 0) is 13.0 Å². The van der Waals surface area contributed by atoms with Gasteiger partial charge in [0.2, 0.25) is 5.65 Å². The van der Waals surface area contributed by atoms with E-state index in [1.165, 1.54) is 0 Å². The number of nitrogens with zero attached hydrogens (tertiary/aromatic N) is 7. The fraction of sp³-hybridized carbons (Fsp3) is 0.500. The van der Waals surface area contributed by atoms with Crippen LogP contribution >= 0.6 is 0 Å². The van der Waals surface area contributed by atoms with E-state index in [0.717, 1.165) is 54.8 Å². The van der Waals surface area contributed by atoms with Crippen molar-refractivity contribution < 1.29 is 4.52 Å². The maximum atomic E-state index is 5.30. The molecular weight excluding hydrogens is 306 g/mol. The van der Waals surface area contributed by atoms with Crippen LogP contribution in [0.4, 0.5) is 5.82 Å². The van der Waals surface area contributed by atoms with Gasteiger partial charge in [0.15, 0.2) is 11.6 Å². The van der Waals surface area contributed by atoms with Crippen molar-refractivity contribution in [3.8, 4) is 0 Å². The van der Waals surface area contributed by atoms with Crippen molar-refractivity contribution in [1.29, 1.82) is 0 Å². The molecule has 0 bridgehead atoms. The Kier molecular flexibility index (Phi) is 3.68. The molecule has 126 valence electrons. The summed E-state index contributed by atoms with van der Waals surface area (Å²) in [6.45, 7) is 6.63. The molecule has 0 radical (unpaired) electrons. The SMILES string of the molecule is CCc1nnc2c(N3CC(N(C)Cc4cc(C)no4)C3)nccn12. The number of hydrogen-bond acceptors (Lipinski definition) is 7. The van der Waals surface area contributed by atoms with Crippen LogP contribution in [0.2, 0.25) is 0 Å². The Morgan fingerprint density at radius 3 is 2.88 bits per heavy atom. The van der Waals surface area contributed by atoms with Gasteiger partial charge in [-0.1, -0.05) is 12.1 Å². The minimum Gasteiger partial charge on any atom is -0.360 e. The average molecular weight is 327 g/mol. The van der Waals surface area contributed by atoms with Crippen molar-refractivity contribution in [3.63, 3.8) is 0 Å². The summed E-state index contributed by atoms with van der Waals surface area (Å²) in [6, 6.07) is 2.45. The third-order valence-electron chi connectivity index (χ3n) is 4.56. The lowest BCUT2D eigenvalue weighted by atomic mass is 10.1. The van der Waals surface area contributed by atoms with Crippen LogP contribution in [0.5, 0.6) is 0 Å². The normalized spacial score (nSPS) is 15.4. The Hall–Kier alpha value is -2.48. The molecule has 8 nitrogen and oxygen atoms in total. The fourth-order valence-corrected chi connectivity index (χ4v) is 3.10. The van der Waals surface area contributed by atoms with Crippen molar-refractivity contribution in [3.05, 3.63) is 35.7 Å². The summed E-state index contributed by atoms with van der Waals surface area (Å²) >= 11 is 0. The van der Waals surface area contributed by atoms with E-state index in [4.69, 9.17) is 4.52 Å². The highest BCUT2D eigenvalue weighted by Gasteiger charge is 2.33. The lowest BCUT2D eigenvalue weighted by Crippen LogP contribution is -2.58. The van der Waals surface area contributed by atoms with Crippen molar-refractivity contribution in [2.75, 3.05) is 25.0 Å². The number of aryl methyl sites for hydroxylation is 2. The maximum absolute atomic E-state index is 5.30. The molecule has 0 unspecified atom stereocenters. The third-order valence-corrected chi connectivity index (χ3v) is 4.56. The lowest BCUT2D eigenvalue weighted by molar-refractivity contribution is 0.177. The molecule has 1 aliphatic heterocycles. The molecule has 4 heterocycles. The summed E-state index contributed by atoms with van der Waals surface area (Å²) in [5.74, 6) is 2.77. The van der Waals surface area contributed by atoms with E-state index in [2.05, 4.69) is 44.1 Å². The second kappa shape index (κ2) is 5.86. The van der Waals surface area contributed by atoms with Gasteiger partial charge in [-0.25, -0.2) is 4.98 Å². The van der Waals surface area contributed by atoms with Crippen LogP contribution < -0.4 is 4.90 Å². The van der Waals surface area contributed by atoms with Crippen LogP contribution in [-0.4, -0.2) is 55.8 Å². The smallest absolute Gasteiger partial charge is 0.203 e. The Labute approximate surface area is 140 Å². The van der Waals surface area contributed by atoms with Gasteiger partial charge in [-0.15, -0.1) is 10.2 Å². The Balaban J connectivity index is 1.45. The zero-order valence-electron chi connectivity index (χ0n) is 14.2. The van der Waals surface area contributed by atoms with E-state index in [1.54, 1.807) is 0 Å². The van der Waals surface area contributed by atoms with Gasteiger partial charge in [0.25, 0.3) is 0 Å². The molecule has 24 heavy (non-hydrogen) atoms. The minimum atomic E-state index is 0.464. The van der Waals surface area contributed by atoms with Crippen LogP contribution in [0.1, 0.15) is 24.2 Å². The number of hydrogen-bond donors (Lipinski definition) is 0. The van der Waals surface area contributed by atoms with E-state index < -0.39 is 0 Å². The highest BCUT2D eigenvalue weighted by Crippen LogP contribution is 2.25. The molecule has 1 fully saturated rings. The lowest BCUT2D eigenvalue weighted by Gasteiger charge is -2.44. The molecule has 0 N–H and O–H groups in total. The molecule has 0 aromatic carbocycles. The van der Waals surface area contributed by atoms with Crippen LogP contribution in [0.3, 0.4) is 0 Å². The van der Waals surface area contributed by atoms with Crippen molar-refractivity contribution in [2.24, 2.45) is 0 Å². The first-order chi connectivity index (χ1) is 11.7. The minimum absolute atomic E-state index is 0.464. The molecule has 3 aromatic rings. The highest BCUT2D eigenvalue weighted by atomic mass is 16.5. The van der Waals surface area contributed by atoms with Crippen LogP contribution in [0.25, 0.3) is 5.65 Å². The van der Waals surface area contributed by atoms with Gasteiger partial charge in [0.1, 0.15) is 5.82 Å². The largest absolute Gasteiger partial charge is 0.360 e. The van der Waals surface area contributed by atoms with E-state index >= 15 is 0 Å². The number of likely N-dealkylation sites (N-methyl/N-ethyl adjacent to an activating group) is 1. The molecule has 1 saturated heterocycles. The predicted molar refractivity (Wildman–Crippen MR) is 88.9 cm³/mol. The first kappa shape index (κ1) is 15.1. The number of rotatable bonds is 5. The van der Waals surface area contributed by atoms with Gasteiger partial charge in [-0.2, -0.15) is 0 Å². The van der Waals surface area contributed by atoms with E-state index in [0.29, 0.717) is 6.04 Å². The van der Waals surface area contributed by atoms with Crippen molar-refractivity contribution in [1.82, 2.24) is 29.6 Å². The number of fused-ring (bicyclic) bond motifs is 1. The van der Waals surface area contributed by atoms with Gasteiger partial charge in [0, 0.05) is 44.0 Å². The van der Waals surface area contributed by atoms with Crippen LogP contribution in [0, 0.1) is 6.92 Å². The Bertz CT molecular complexity index is 849. The van der Waals surface area contributed by atoms with Gasteiger partial charge in [-0.3, -0.25) is 9.30 Å². The summed E-state index contributed by atoms with van der Waals surface area (Å²) in [4.78, 5) is 9.05. The quantitative estimate of drug-likeness (QED) is 0.699.